The standard InChI is InChI=1S/C15H15N3O4/c1-3-22-15(20)10-8-16-18-12(10)7-14(19)17-11-5-4-9(21-2)6-13(11)18/h4-6,8H,3,7H2,1-2H3,(H,17,19). The van der Waals surface area contributed by atoms with Gasteiger partial charge in [0.05, 0.1) is 43.4 Å². The van der Waals surface area contributed by atoms with Gasteiger partial charge in [-0.1, -0.05) is 0 Å². The van der Waals surface area contributed by atoms with E-state index in [4.69, 9.17) is 9.47 Å². The fraction of sp³-hybridized carbons (Fsp3) is 0.267. The quantitative estimate of drug-likeness (QED) is 0.870. The first kappa shape index (κ1) is 14.1. The topological polar surface area (TPSA) is 82.5 Å². The van der Waals surface area contributed by atoms with E-state index in [1.165, 1.54) is 6.20 Å². The first-order valence-electron chi connectivity index (χ1n) is 6.86. The second-order valence-corrected chi connectivity index (χ2v) is 4.75. The van der Waals surface area contributed by atoms with Crippen molar-refractivity contribution < 1.29 is 19.1 Å². The summed E-state index contributed by atoms with van der Waals surface area (Å²) in [7, 11) is 1.56. The van der Waals surface area contributed by atoms with Gasteiger partial charge in [0.25, 0.3) is 0 Å². The van der Waals surface area contributed by atoms with Crippen molar-refractivity contribution in [2.75, 3.05) is 19.0 Å². The molecule has 1 aliphatic rings. The van der Waals surface area contributed by atoms with Crippen LogP contribution in [0.1, 0.15) is 23.0 Å². The molecule has 7 heteroatoms. The number of esters is 1. The van der Waals surface area contributed by atoms with Crippen molar-refractivity contribution >= 4 is 17.6 Å². The number of hydrogen-bond acceptors (Lipinski definition) is 5. The van der Waals surface area contributed by atoms with Gasteiger partial charge >= 0.3 is 5.97 Å². The van der Waals surface area contributed by atoms with Crippen LogP contribution in [-0.4, -0.2) is 35.4 Å². The van der Waals surface area contributed by atoms with Gasteiger partial charge in [0.15, 0.2) is 0 Å². The number of nitrogens with one attached hydrogen (secondary N) is 1. The van der Waals surface area contributed by atoms with Crippen molar-refractivity contribution in [2.24, 2.45) is 0 Å². The summed E-state index contributed by atoms with van der Waals surface area (Å²) in [6.07, 6.45) is 1.47. The molecule has 1 aliphatic heterocycles. The minimum absolute atomic E-state index is 0.0468. The molecule has 114 valence electrons. The van der Waals surface area contributed by atoms with E-state index in [9.17, 15) is 9.59 Å². The number of nitrogens with zero attached hydrogens (tertiary/aromatic N) is 2. The molecule has 0 spiro atoms. The number of aromatic nitrogens is 2. The lowest BCUT2D eigenvalue weighted by atomic mass is 10.2. The Balaban J connectivity index is 2.16. The van der Waals surface area contributed by atoms with Crippen LogP contribution in [0.3, 0.4) is 0 Å². The summed E-state index contributed by atoms with van der Waals surface area (Å²) in [6.45, 7) is 1.99. The van der Waals surface area contributed by atoms with Crippen LogP contribution in [0.15, 0.2) is 24.4 Å². The predicted molar refractivity (Wildman–Crippen MR) is 78.4 cm³/mol. The molecule has 0 bridgehead atoms. The molecular formula is C15H15N3O4. The number of anilines is 1. The zero-order valence-electron chi connectivity index (χ0n) is 12.3. The fourth-order valence-corrected chi connectivity index (χ4v) is 2.40. The highest BCUT2D eigenvalue weighted by Gasteiger charge is 2.26. The maximum atomic E-state index is 12.1. The SMILES string of the molecule is CCOC(=O)c1cnn2c1CC(=O)Nc1ccc(OC)cc1-2. The van der Waals surface area contributed by atoms with E-state index in [1.807, 2.05) is 0 Å². The molecule has 2 heterocycles. The molecule has 7 nitrogen and oxygen atoms in total. The molecule has 1 amide bonds. The lowest BCUT2D eigenvalue weighted by molar-refractivity contribution is -0.115. The van der Waals surface area contributed by atoms with E-state index in [0.29, 0.717) is 28.4 Å². The summed E-state index contributed by atoms with van der Waals surface area (Å²) in [4.78, 5) is 24.1. The number of carbonyl (C=O) groups excluding carboxylic acids is 2. The monoisotopic (exact) mass is 301 g/mol. The maximum Gasteiger partial charge on any atom is 0.341 e. The molecule has 0 unspecified atom stereocenters. The molecule has 1 aromatic carbocycles. The van der Waals surface area contributed by atoms with E-state index in [0.717, 1.165) is 0 Å². The third-order valence-corrected chi connectivity index (χ3v) is 3.40. The van der Waals surface area contributed by atoms with Gasteiger partial charge < -0.3 is 14.8 Å². The minimum Gasteiger partial charge on any atom is -0.497 e. The van der Waals surface area contributed by atoms with Crippen LogP contribution in [-0.2, 0) is 16.0 Å². The Morgan fingerprint density at radius 1 is 1.45 bits per heavy atom. The molecule has 3 rings (SSSR count). The van der Waals surface area contributed by atoms with Crippen LogP contribution in [0.5, 0.6) is 5.75 Å². The summed E-state index contributed by atoms with van der Waals surface area (Å²) in [5, 5.41) is 7.04. The Morgan fingerprint density at radius 2 is 2.27 bits per heavy atom. The molecule has 22 heavy (non-hydrogen) atoms. The molecule has 2 aromatic rings. The number of methoxy groups -OCH3 is 1. The number of benzene rings is 1. The van der Waals surface area contributed by atoms with Crippen molar-refractivity contribution in [2.45, 2.75) is 13.3 Å². The largest absolute Gasteiger partial charge is 0.497 e. The molecule has 0 atom stereocenters. The molecule has 0 saturated heterocycles. The summed E-state index contributed by atoms with van der Waals surface area (Å²) >= 11 is 0. The average molecular weight is 301 g/mol. The van der Waals surface area contributed by atoms with Crippen LogP contribution < -0.4 is 10.1 Å². The summed E-state index contributed by atoms with van der Waals surface area (Å²) in [5.41, 5.74) is 2.06. The first-order chi connectivity index (χ1) is 10.6. The Bertz CT molecular complexity index is 751. The molecule has 1 aromatic heterocycles. The van der Waals surface area contributed by atoms with Crippen LogP contribution >= 0.6 is 0 Å². The van der Waals surface area contributed by atoms with E-state index in [1.54, 1.807) is 36.9 Å². The Kier molecular flexibility index (Phi) is 3.54. The van der Waals surface area contributed by atoms with Gasteiger partial charge in [-0.15, -0.1) is 0 Å². The number of rotatable bonds is 3. The smallest absolute Gasteiger partial charge is 0.341 e. The van der Waals surface area contributed by atoms with Crippen molar-refractivity contribution in [1.82, 2.24) is 9.78 Å². The number of hydrogen-bond donors (Lipinski definition) is 1. The Morgan fingerprint density at radius 3 is 3.00 bits per heavy atom. The lowest BCUT2D eigenvalue weighted by Crippen LogP contribution is -2.15. The predicted octanol–water partition coefficient (Wildman–Crippen LogP) is 1.55. The van der Waals surface area contributed by atoms with Gasteiger partial charge in [-0.2, -0.15) is 5.10 Å². The van der Waals surface area contributed by atoms with Gasteiger partial charge in [0.2, 0.25) is 5.91 Å². The molecule has 0 saturated carbocycles. The number of carbonyl (C=O) groups is 2. The third kappa shape index (κ3) is 2.30. The van der Waals surface area contributed by atoms with Crippen molar-refractivity contribution in [3.8, 4) is 11.4 Å². The van der Waals surface area contributed by atoms with E-state index in [2.05, 4.69) is 10.4 Å². The minimum atomic E-state index is -0.483. The summed E-state index contributed by atoms with van der Waals surface area (Å²) < 4.78 is 11.8. The molecule has 1 N–H and O–H groups in total. The molecule has 0 fully saturated rings. The molecule has 0 radical (unpaired) electrons. The van der Waals surface area contributed by atoms with Crippen LogP contribution in [0.2, 0.25) is 0 Å². The highest BCUT2D eigenvalue weighted by atomic mass is 16.5. The highest BCUT2D eigenvalue weighted by Crippen LogP contribution is 2.30. The van der Waals surface area contributed by atoms with Gasteiger partial charge in [-0.3, -0.25) is 4.79 Å². The maximum absolute atomic E-state index is 12.1. The summed E-state index contributed by atoms with van der Waals surface area (Å²) in [5.74, 6) is -0.0619. The van der Waals surface area contributed by atoms with Crippen molar-refractivity contribution in [1.29, 1.82) is 0 Å². The normalized spacial score (nSPS) is 12.7. The van der Waals surface area contributed by atoms with Crippen LogP contribution in [0.25, 0.3) is 5.69 Å². The van der Waals surface area contributed by atoms with Crippen molar-refractivity contribution in [3.05, 3.63) is 35.7 Å². The Labute approximate surface area is 126 Å². The third-order valence-electron chi connectivity index (χ3n) is 3.40. The molecule has 0 aliphatic carbocycles. The van der Waals surface area contributed by atoms with Crippen LogP contribution in [0, 0.1) is 0 Å². The molecular weight excluding hydrogens is 286 g/mol. The van der Waals surface area contributed by atoms with Gasteiger partial charge in [-0.05, 0) is 19.1 Å². The van der Waals surface area contributed by atoms with E-state index < -0.39 is 5.97 Å². The average Bonchev–Trinajstić information content (AvgIpc) is 2.85. The van der Waals surface area contributed by atoms with Crippen LogP contribution in [0.4, 0.5) is 5.69 Å². The number of ether oxygens (including phenoxy) is 2. The Hall–Kier alpha value is -2.83. The van der Waals surface area contributed by atoms with Gasteiger partial charge in [0, 0.05) is 6.07 Å². The lowest BCUT2D eigenvalue weighted by Gasteiger charge is -2.10. The zero-order valence-corrected chi connectivity index (χ0v) is 12.3. The van der Waals surface area contributed by atoms with Gasteiger partial charge in [0.1, 0.15) is 11.3 Å². The van der Waals surface area contributed by atoms with E-state index in [-0.39, 0.29) is 18.9 Å². The second kappa shape index (κ2) is 5.51. The highest BCUT2D eigenvalue weighted by molar-refractivity contribution is 5.99. The first-order valence-corrected chi connectivity index (χ1v) is 6.86. The van der Waals surface area contributed by atoms with Crippen molar-refractivity contribution in [3.63, 3.8) is 0 Å². The fourth-order valence-electron chi connectivity index (χ4n) is 2.40. The zero-order chi connectivity index (χ0) is 15.7. The second-order valence-electron chi connectivity index (χ2n) is 4.75. The van der Waals surface area contributed by atoms with Gasteiger partial charge in [-0.25, -0.2) is 9.48 Å². The number of amides is 1. The summed E-state index contributed by atoms with van der Waals surface area (Å²) in [6, 6.07) is 5.25. The number of fused-ring (bicyclic) bond motifs is 3. The van der Waals surface area contributed by atoms with E-state index >= 15 is 0 Å².